The van der Waals surface area contributed by atoms with Gasteiger partial charge >= 0.3 is 5.97 Å². The van der Waals surface area contributed by atoms with Crippen molar-refractivity contribution in [1.29, 1.82) is 5.41 Å². The van der Waals surface area contributed by atoms with Gasteiger partial charge in [-0.3, -0.25) is 15.0 Å². The number of piperidine rings is 1. The molecule has 7 nitrogen and oxygen atoms in total. The standard InChI is InChI=1S/C22H25N3O4.ClH/c1-28-20(26)12-17-6-9-18(25-22(17)27)13-29-19-10-7-15(8-11-19)14-2-4-16(5-3-14)21(23)24;/h2-5,7-8,10-11,17-18H,6,9,12-13H2,1H3,(H3,23,24)(H,25,27);1H/t17-,18-;/m0./s1. The molecule has 2 aromatic rings. The third kappa shape index (κ3) is 5.97. The highest BCUT2D eigenvalue weighted by Crippen LogP contribution is 2.24. The number of hydrogen-bond donors (Lipinski definition) is 3. The van der Waals surface area contributed by atoms with Gasteiger partial charge in [0.05, 0.1) is 19.6 Å². The van der Waals surface area contributed by atoms with Crippen molar-refractivity contribution in [3.05, 3.63) is 54.1 Å². The quantitative estimate of drug-likeness (QED) is 0.354. The molecule has 0 unspecified atom stereocenters. The lowest BCUT2D eigenvalue weighted by molar-refractivity contribution is -0.145. The average Bonchev–Trinajstić information content (AvgIpc) is 2.74. The van der Waals surface area contributed by atoms with Gasteiger partial charge in [-0.1, -0.05) is 36.4 Å². The van der Waals surface area contributed by atoms with E-state index >= 15 is 0 Å². The van der Waals surface area contributed by atoms with Crippen molar-refractivity contribution < 1.29 is 19.1 Å². The highest BCUT2D eigenvalue weighted by Gasteiger charge is 2.30. The van der Waals surface area contributed by atoms with Crippen molar-refractivity contribution in [1.82, 2.24) is 5.32 Å². The Labute approximate surface area is 181 Å². The first-order chi connectivity index (χ1) is 14.0. The van der Waals surface area contributed by atoms with Gasteiger partial charge < -0.3 is 20.5 Å². The number of esters is 1. The zero-order chi connectivity index (χ0) is 20.8. The van der Waals surface area contributed by atoms with Gasteiger partial charge in [0.25, 0.3) is 0 Å². The summed E-state index contributed by atoms with van der Waals surface area (Å²) in [6.45, 7) is 0.378. The number of ether oxygens (including phenoxy) is 2. The summed E-state index contributed by atoms with van der Waals surface area (Å²) in [5.74, 6) is -0.0467. The highest BCUT2D eigenvalue weighted by molar-refractivity contribution is 5.95. The number of amides is 1. The van der Waals surface area contributed by atoms with E-state index in [1.807, 2.05) is 48.5 Å². The van der Waals surface area contributed by atoms with E-state index in [2.05, 4.69) is 10.1 Å². The minimum atomic E-state index is -0.365. The Morgan fingerprint density at radius 2 is 1.70 bits per heavy atom. The molecule has 1 amide bonds. The Morgan fingerprint density at radius 3 is 2.23 bits per heavy atom. The molecule has 1 saturated heterocycles. The third-order valence-corrected chi connectivity index (χ3v) is 5.06. The molecule has 0 saturated carbocycles. The first-order valence-corrected chi connectivity index (χ1v) is 9.51. The van der Waals surface area contributed by atoms with Gasteiger partial charge in [0.1, 0.15) is 18.2 Å². The van der Waals surface area contributed by atoms with E-state index < -0.39 is 0 Å². The molecule has 0 radical (unpaired) electrons. The van der Waals surface area contributed by atoms with Gasteiger partial charge in [-0.05, 0) is 36.1 Å². The number of carbonyl (C=O) groups excluding carboxylic acids is 2. The van der Waals surface area contributed by atoms with E-state index in [4.69, 9.17) is 15.9 Å². The largest absolute Gasteiger partial charge is 0.491 e. The number of halogens is 1. The van der Waals surface area contributed by atoms with Crippen LogP contribution in [-0.2, 0) is 14.3 Å². The molecule has 8 heteroatoms. The van der Waals surface area contributed by atoms with Crippen LogP contribution in [0.5, 0.6) is 5.75 Å². The lowest BCUT2D eigenvalue weighted by atomic mass is 9.91. The first kappa shape index (κ1) is 23.2. The predicted octanol–water partition coefficient (Wildman–Crippen LogP) is 2.90. The number of nitrogen functional groups attached to an aromatic ring is 1. The van der Waals surface area contributed by atoms with Gasteiger partial charge in [0.15, 0.2) is 0 Å². The molecule has 0 bridgehead atoms. The van der Waals surface area contributed by atoms with Crippen molar-refractivity contribution in [3.8, 4) is 16.9 Å². The van der Waals surface area contributed by atoms with Gasteiger partial charge in [-0.25, -0.2) is 0 Å². The molecule has 1 aliphatic heterocycles. The van der Waals surface area contributed by atoms with E-state index in [0.29, 0.717) is 18.6 Å². The number of nitrogens with two attached hydrogens (primary N) is 1. The topological polar surface area (TPSA) is 114 Å². The van der Waals surface area contributed by atoms with E-state index in [9.17, 15) is 9.59 Å². The summed E-state index contributed by atoms with van der Waals surface area (Å²) in [7, 11) is 1.33. The van der Waals surface area contributed by atoms with Gasteiger partial charge in [0, 0.05) is 11.5 Å². The molecule has 160 valence electrons. The van der Waals surface area contributed by atoms with E-state index in [0.717, 1.165) is 23.3 Å². The molecule has 2 aromatic carbocycles. The molecule has 4 N–H and O–H groups in total. The number of carbonyl (C=O) groups is 2. The monoisotopic (exact) mass is 431 g/mol. The van der Waals surface area contributed by atoms with Crippen molar-refractivity contribution in [3.63, 3.8) is 0 Å². The number of methoxy groups -OCH3 is 1. The number of nitrogens with one attached hydrogen (secondary N) is 2. The Hall–Kier alpha value is -3.06. The highest BCUT2D eigenvalue weighted by atomic mass is 35.5. The molecular weight excluding hydrogens is 406 g/mol. The molecule has 2 atom stereocenters. The van der Waals surface area contributed by atoms with E-state index in [1.54, 1.807) is 0 Å². The second-order valence-corrected chi connectivity index (χ2v) is 7.09. The van der Waals surface area contributed by atoms with Gasteiger partial charge in [-0.15, -0.1) is 12.4 Å². The fourth-order valence-electron chi connectivity index (χ4n) is 3.31. The lowest BCUT2D eigenvalue weighted by Gasteiger charge is -2.28. The fourth-order valence-corrected chi connectivity index (χ4v) is 3.31. The van der Waals surface area contributed by atoms with Crippen LogP contribution >= 0.6 is 12.4 Å². The molecule has 30 heavy (non-hydrogen) atoms. The normalized spacial score (nSPS) is 18.0. The Bertz CT molecular complexity index is 884. The van der Waals surface area contributed by atoms with Gasteiger partial charge in [0.2, 0.25) is 5.91 Å². The molecule has 0 aliphatic carbocycles. The summed E-state index contributed by atoms with van der Waals surface area (Å²) in [5.41, 5.74) is 8.23. The maximum absolute atomic E-state index is 12.1. The van der Waals surface area contributed by atoms with Gasteiger partial charge in [-0.2, -0.15) is 0 Å². The van der Waals surface area contributed by atoms with Crippen LogP contribution < -0.4 is 15.8 Å². The van der Waals surface area contributed by atoms with Crippen LogP contribution in [0.25, 0.3) is 11.1 Å². The van der Waals surface area contributed by atoms with Crippen molar-refractivity contribution in [2.75, 3.05) is 13.7 Å². The molecule has 1 aliphatic rings. The smallest absolute Gasteiger partial charge is 0.306 e. The molecular formula is C22H26ClN3O4. The maximum atomic E-state index is 12.1. The summed E-state index contributed by atoms with van der Waals surface area (Å²) >= 11 is 0. The minimum absolute atomic E-state index is 0. The fraction of sp³-hybridized carbons (Fsp3) is 0.318. The van der Waals surface area contributed by atoms with Crippen molar-refractivity contribution in [2.24, 2.45) is 11.7 Å². The van der Waals surface area contributed by atoms with E-state index in [-0.39, 0.29) is 48.5 Å². The summed E-state index contributed by atoms with van der Waals surface area (Å²) in [6.07, 6.45) is 1.52. The summed E-state index contributed by atoms with van der Waals surface area (Å²) in [5, 5.41) is 10.4. The zero-order valence-electron chi connectivity index (χ0n) is 16.7. The molecule has 3 rings (SSSR count). The second kappa shape index (κ2) is 10.6. The van der Waals surface area contributed by atoms with Crippen LogP contribution in [0.15, 0.2) is 48.5 Å². The van der Waals surface area contributed by atoms with Crippen LogP contribution in [0.1, 0.15) is 24.8 Å². The molecule has 1 heterocycles. The van der Waals surface area contributed by atoms with Crippen molar-refractivity contribution in [2.45, 2.75) is 25.3 Å². The number of benzene rings is 2. The first-order valence-electron chi connectivity index (χ1n) is 9.51. The van der Waals surface area contributed by atoms with Crippen LogP contribution in [0.2, 0.25) is 0 Å². The summed E-state index contributed by atoms with van der Waals surface area (Å²) < 4.78 is 10.5. The van der Waals surface area contributed by atoms with E-state index in [1.165, 1.54) is 7.11 Å². The summed E-state index contributed by atoms with van der Waals surface area (Å²) in [4.78, 5) is 23.5. The maximum Gasteiger partial charge on any atom is 0.306 e. The van der Waals surface area contributed by atoms with Crippen molar-refractivity contribution >= 4 is 30.1 Å². The third-order valence-electron chi connectivity index (χ3n) is 5.06. The van der Waals surface area contributed by atoms with Crippen LogP contribution in [0, 0.1) is 11.3 Å². The lowest BCUT2D eigenvalue weighted by Crippen LogP contribution is -2.47. The van der Waals surface area contributed by atoms with Crippen LogP contribution in [0.3, 0.4) is 0 Å². The molecule has 1 fully saturated rings. The number of rotatable bonds is 7. The number of hydrogen-bond acceptors (Lipinski definition) is 5. The molecule has 0 spiro atoms. The Balaban J connectivity index is 0.00000320. The zero-order valence-corrected chi connectivity index (χ0v) is 17.5. The second-order valence-electron chi connectivity index (χ2n) is 7.09. The van der Waals surface area contributed by atoms with Crippen LogP contribution in [-0.4, -0.2) is 37.5 Å². The minimum Gasteiger partial charge on any atom is -0.491 e. The average molecular weight is 432 g/mol. The molecule has 0 aromatic heterocycles. The SMILES string of the molecule is COC(=O)C[C@@H]1CC[C@@H](COc2ccc(-c3ccc(C(=N)N)cc3)cc2)NC1=O.Cl. The summed E-state index contributed by atoms with van der Waals surface area (Å²) in [6, 6.07) is 15.1. The predicted molar refractivity (Wildman–Crippen MR) is 117 cm³/mol. The number of amidine groups is 1. The Morgan fingerprint density at radius 1 is 1.10 bits per heavy atom. The van der Waals surface area contributed by atoms with Crippen LogP contribution in [0.4, 0.5) is 0 Å². The Kier molecular flexibility index (Phi) is 8.24.